The van der Waals surface area contributed by atoms with Gasteiger partial charge < -0.3 is 0 Å². The number of benzene rings is 1. The summed E-state index contributed by atoms with van der Waals surface area (Å²) in [6, 6.07) is 10.4. The lowest BCUT2D eigenvalue weighted by molar-refractivity contribution is 0.241. The van der Waals surface area contributed by atoms with E-state index in [0.29, 0.717) is 5.15 Å². The van der Waals surface area contributed by atoms with E-state index in [4.69, 9.17) is 23.2 Å². The highest BCUT2D eigenvalue weighted by molar-refractivity contribution is 6.32. The van der Waals surface area contributed by atoms with Crippen molar-refractivity contribution in [3.05, 3.63) is 57.6 Å². The van der Waals surface area contributed by atoms with Gasteiger partial charge in [-0.2, -0.15) is 0 Å². The lowest BCUT2D eigenvalue weighted by Crippen LogP contribution is -2.31. The lowest BCUT2D eigenvalue weighted by Gasteiger charge is -2.28. The summed E-state index contributed by atoms with van der Waals surface area (Å²) >= 11 is 12.0. The van der Waals surface area contributed by atoms with E-state index in [1.807, 2.05) is 6.07 Å². The zero-order valence-corrected chi connectivity index (χ0v) is 11.8. The summed E-state index contributed by atoms with van der Waals surface area (Å²) in [6.45, 7) is 2.65. The second-order valence-electron chi connectivity index (χ2n) is 4.65. The smallest absolute Gasteiger partial charge is 0.224 e. The zero-order valence-electron chi connectivity index (χ0n) is 10.3. The molecular weight excluding hydrogens is 281 g/mol. The second-order valence-corrected chi connectivity index (χ2v) is 5.35. The van der Waals surface area contributed by atoms with Crippen LogP contribution in [0.5, 0.6) is 0 Å². The number of halogens is 2. The Morgan fingerprint density at radius 1 is 1.11 bits per heavy atom. The zero-order chi connectivity index (χ0) is 13.2. The van der Waals surface area contributed by atoms with Gasteiger partial charge in [0.05, 0.1) is 5.69 Å². The van der Waals surface area contributed by atoms with Crippen LogP contribution in [0.4, 0.5) is 0 Å². The number of hydrogen-bond donors (Lipinski definition) is 0. The van der Waals surface area contributed by atoms with Gasteiger partial charge in [-0.05, 0) is 23.6 Å². The molecular formula is C14H13Cl2N3. The highest BCUT2D eigenvalue weighted by Crippen LogP contribution is 2.25. The molecule has 3 nitrogen and oxygen atoms in total. The molecule has 19 heavy (non-hydrogen) atoms. The second kappa shape index (κ2) is 5.45. The van der Waals surface area contributed by atoms with Crippen molar-refractivity contribution in [3.8, 4) is 0 Å². The van der Waals surface area contributed by atoms with Crippen LogP contribution < -0.4 is 0 Å². The Hall–Kier alpha value is -1.16. The molecule has 1 aliphatic heterocycles. The van der Waals surface area contributed by atoms with Crippen LogP contribution in [0, 0.1) is 0 Å². The maximum atomic E-state index is 6.10. The molecule has 0 bridgehead atoms. The fourth-order valence-corrected chi connectivity index (χ4v) is 2.90. The molecule has 1 aromatic carbocycles. The van der Waals surface area contributed by atoms with Crippen molar-refractivity contribution in [3.63, 3.8) is 0 Å². The molecule has 3 rings (SSSR count). The van der Waals surface area contributed by atoms with E-state index in [9.17, 15) is 0 Å². The van der Waals surface area contributed by atoms with E-state index in [1.54, 1.807) is 0 Å². The minimum absolute atomic E-state index is 0.227. The first-order chi connectivity index (χ1) is 9.22. The summed E-state index contributed by atoms with van der Waals surface area (Å²) in [4.78, 5) is 10.6. The van der Waals surface area contributed by atoms with E-state index in [1.165, 1.54) is 5.56 Å². The van der Waals surface area contributed by atoms with E-state index in [0.717, 1.165) is 37.3 Å². The first-order valence-electron chi connectivity index (χ1n) is 6.19. The Morgan fingerprint density at radius 3 is 2.68 bits per heavy atom. The molecule has 0 spiro atoms. The van der Waals surface area contributed by atoms with Gasteiger partial charge in [0.25, 0.3) is 0 Å². The SMILES string of the molecule is Clc1nc(Cl)c2c(n1)CN(Cc1ccccc1)CC2. The van der Waals surface area contributed by atoms with Gasteiger partial charge >= 0.3 is 0 Å². The van der Waals surface area contributed by atoms with Crippen LogP contribution in [0.15, 0.2) is 30.3 Å². The maximum Gasteiger partial charge on any atom is 0.224 e. The van der Waals surface area contributed by atoms with Gasteiger partial charge in [0.15, 0.2) is 0 Å². The molecule has 1 aliphatic rings. The van der Waals surface area contributed by atoms with Gasteiger partial charge in [-0.25, -0.2) is 9.97 Å². The van der Waals surface area contributed by atoms with Crippen LogP contribution in [0.2, 0.25) is 10.4 Å². The fraction of sp³-hybridized carbons (Fsp3) is 0.286. The minimum Gasteiger partial charge on any atom is -0.293 e. The van der Waals surface area contributed by atoms with Crippen molar-refractivity contribution in [2.24, 2.45) is 0 Å². The monoisotopic (exact) mass is 293 g/mol. The van der Waals surface area contributed by atoms with Gasteiger partial charge in [0.2, 0.25) is 5.28 Å². The minimum atomic E-state index is 0.227. The number of nitrogens with zero attached hydrogens (tertiary/aromatic N) is 3. The molecule has 0 aliphatic carbocycles. The van der Waals surface area contributed by atoms with Crippen LogP contribution in [-0.2, 0) is 19.5 Å². The number of fused-ring (bicyclic) bond motifs is 1. The van der Waals surface area contributed by atoms with E-state index < -0.39 is 0 Å². The first-order valence-corrected chi connectivity index (χ1v) is 6.95. The molecule has 0 saturated carbocycles. The van der Waals surface area contributed by atoms with Crippen LogP contribution in [-0.4, -0.2) is 21.4 Å². The predicted octanol–water partition coefficient (Wildman–Crippen LogP) is 3.34. The van der Waals surface area contributed by atoms with Crippen LogP contribution in [0.3, 0.4) is 0 Å². The van der Waals surface area contributed by atoms with Crippen LogP contribution in [0.25, 0.3) is 0 Å². The molecule has 0 unspecified atom stereocenters. The third kappa shape index (κ3) is 2.89. The molecule has 98 valence electrons. The standard InChI is InChI=1S/C14H13Cl2N3/c15-13-11-6-7-19(8-10-4-2-1-3-5-10)9-12(11)17-14(16)18-13/h1-5H,6-9H2. The molecule has 0 atom stereocenters. The summed E-state index contributed by atoms with van der Waals surface area (Å²) in [5.41, 5.74) is 3.29. The van der Waals surface area contributed by atoms with Gasteiger partial charge in [-0.1, -0.05) is 41.9 Å². The Kier molecular flexibility index (Phi) is 3.69. The fourth-order valence-electron chi connectivity index (χ4n) is 2.39. The van der Waals surface area contributed by atoms with Crippen molar-refractivity contribution in [2.75, 3.05) is 6.54 Å². The van der Waals surface area contributed by atoms with Crippen molar-refractivity contribution in [1.29, 1.82) is 0 Å². The third-order valence-corrected chi connectivity index (χ3v) is 3.80. The largest absolute Gasteiger partial charge is 0.293 e. The summed E-state index contributed by atoms with van der Waals surface area (Å²) < 4.78 is 0. The Balaban J connectivity index is 1.79. The van der Waals surface area contributed by atoms with Crippen LogP contribution in [0.1, 0.15) is 16.8 Å². The van der Waals surface area contributed by atoms with Gasteiger partial charge in [-0.3, -0.25) is 4.90 Å². The van der Waals surface area contributed by atoms with Crippen LogP contribution >= 0.6 is 23.2 Å². The molecule has 2 heterocycles. The third-order valence-electron chi connectivity index (χ3n) is 3.32. The molecule has 0 saturated heterocycles. The van der Waals surface area contributed by atoms with Gasteiger partial charge in [-0.15, -0.1) is 0 Å². The number of hydrogen-bond acceptors (Lipinski definition) is 3. The average Bonchev–Trinajstić information content (AvgIpc) is 2.39. The topological polar surface area (TPSA) is 29.0 Å². The maximum absolute atomic E-state index is 6.10. The molecule has 1 aromatic heterocycles. The Labute approximate surface area is 122 Å². The summed E-state index contributed by atoms with van der Waals surface area (Å²) in [7, 11) is 0. The predicted molar refractivity (Wildman–Crippen MR) is 76.3 cm³/mol. The van der Waals surface area contributed by atoms with Gasteiger partial charge in [0, 0.05) is 25.2 Å². The molecule has 0 radical (unpaired) electrons. The molecule has 2 aromatic rings. The average molecular weight is 294 g/mol. The van der Waals surface area contributed by atoms with Crippen molar-refractivity contribution in [2.45, 2.75) is 19.5 Å². The summed E-state index contributed by atoms with van der Waals surface area (Å²) in [5.74, 6) is 0. The highest BCUT2D eigenvalue weighted by Gasteiger charge is 2.21. The summed E-state index contributed by atoms with van der Waals surface area (Å²) in [5, 5.41) is 0.722. The molecule has 5 heteroatoms. The van der Waals surface area contributed by atoms with E-state index >= 15 is 0 Å². The normalized spacial score (nSPS) is 15.3. The Morgan fingerprint density at radius 2 is 1.89 bits per heavy atom. The molecule has 0 fully saturated rings. The number of rotatable bonds is 2. The first kappa shape index (κ1) is 12.9. The quantitative estimate of drug-likeness (QED) is 0.628. The van der Waals surface area contributed by atoms with E-state index in [2.05, 4.69) is 39.1 Å². The molecule has 0 amide bonds. The highest BCUT2D eigenvalue weighted by atomic mass is 35.5. The number of aromatic nitrogens is 2. The van der Waals surface area contributed by atoms with Crippen molar-refractivity contribution < 1.29 is 0 Å². The van der Waals surface area contributed by atoms with Crippen molar-refractivity contribution >= 4 is 23.2 Å². The lowest BCUT2D eigenvalue weighted by atomic mass is 10.1. The molecule has 0 N–H and O–H groups in total. The van der Waals surface area contributed by atoms with Gasteiger partial charge in [0.1, 0.15) is 5.15 Å². The van der Waals surface area contributed by atoms with E-state index in [-0.39, 0.29) is 5.28 Å². The van der Waals surface area contributed by atoms with Crippen molar-refractivity contribution in [1.82, 2.24) is 14.9 Å². The summed E-state index contributed by atoms with van der Waals surface area (Å²) in [6.07, 6.45) is 0.873. The Bertz CT molecular complexity index is 587.